The Kier molecular flexibility index (Phi) is 48.5. The van der Waals surface area contributed by atoms with Crippen molar-refractivity contribution in [2.45, 2.75) is 226 Å². The van der Waals surface area contributed by atoms with Gasteiger partial charge in [0.25, 0.3) is 0 Å². The van der Waals surface area contributed by atoms with E-state index >= 15 is 0 Å². The van der Waals surface area contributed by atoms with Crippen molar-refractivity contribution < 1.29 is 28.6 Å². The van der Waals surface area contributed by atoms with Gasteiger partial charge in [-0.2, -0.15) is 0 Å². The summed E-state index contributed by atoms with van der Waals surface area (Å²) in [5, 5.41) is 0. The molecule has 0 aromatic heterocycles. The number of ether oxygens (including phenoxy) is 3. The molecule has 0 saturated heterocycles. The fourth-order valence-electron chi connectivity index (χ4n) is 6.66. The summed E-state index contributed by atoms with van der Waals surface area (Å²) in [7, 11) is 0. The molecule has 6 nitrogen and oxygen atoms in total. The first kappa shape index (κ1) is 60.1. The molecule has 6 heteroatoms. The van der Waals surface area contributed by atoms with Crippen LogP contribution in [0.4, 0.5) is 0 Å². The molecule has 0 saturated carbocycles. The smallest absolute Gasteiger partial charge is 0.306 e. The van der Waals surface area contributed by atoms with E-state index in [1.54, 1.807) is 0 Å². The van der Waals surface area contributed by atoms with Gasteiger partial charge in [-0.25, -0.2) is 0 Å². The molecule has 0 amide bonds. The maximum absolute atomic E-state index is 12.8. The third-order valence-corrected chi connectivity index (χ3v) is 10.5. The Morgan fingerprint density at radius 3 is 1.03 bits per heavy atom. The number of allylic oxidation sites excluding steroid dienone is 18. The molecule has 0 N–H and O–H groups in total. The van der Waals surface area contributed by atoms with Crippen LogP contribution in [-0.4, -0.2) is 37.2 Å². The molecule has 0 rings (SSSR count). The van der Waals surface area contributed by atoms with Gasteiger partial charge in [0.05, 0.1) is 0 Å². The largest absolute Gasteiger partial charge is 0.462 e. The zero-order valence-electron chi connectivity index (χ0n) is 41.3. The van der Waals surface area contributed by atoms with Crippen molar-refractivity contribution in [3.63, 3.8) is 0 Å². The van der Waals surface area contributed by atoms with Crippen LogP contribution in [0.25, 0.3) is 0 Å². The van der Waals surface area contributed by atoms with E-state index in [2.05, 4.69) is 130 Å². The number of hydrogen-bond acceptors (Lipinski definition) is 6. The lowest BCUT2D eigenvalue weighted by atomic mass is 10.1. The van der Waals surface area contributed by atoms with E-state index in [9.17, 15) is 14.4 Å². The van der Waals surface area contributed by atoms with Gasteiger partial charge in [-0.3, -0.25) is 14.4 Å². The van der Waals surface area contributed by atoms with Gasteiger partial charge in [0.2, 0.25) is 0 Å². The van der Waals surface area contributed by atoms with E-state index in [0.29, 0.717) is 19.3 Å². The summed E-state index contributed by atoms with van der Waals surface area (Å²) in [6, 6.07) is 0. The fraction of sp³-hybridized carbons (Fsp3) is 0.638. The number of hydrogen-bond donors (Lipinski definition) is 0. The monoisotopic (exact) mass is 887 g/mol. The third kappa shape index (κ3) is 49.1. The summed E-state index contributed by atoms with van der Waals surface area (Å²) < 4.78 is 16.7. The highest BCUT2D eigenvalue weighted by atomic mass is 16.6. The molecular weight excluding hydrogens is 793 g/mol. The molecule has 0 aromatic rings. The molecule has 0 aliphatic heterocycles. The summed E-state index contributed by atoms with van der Waals surface area (Å²) in [4.78, 5) is 38.0. The quantitative estimate of drug-likeness (QED) is 0.0262. The maximum atomic E-state index is 12.8. The van der Waals surface area contributed by atoms with Crippen molar-refractivity contribution in [1.82, 2.24) is 0 Å². The lowest BCUT2D eigenvalue weighted by Gasteiger charge is -2.18. The summed E-state index contributed by atoms with van der Waals surface area (Å²) in [5.41, 5.74) is 0. The number of rotatable bonds is 45. The lowest BCUT2D eigenvalue weighted by Crippen LogP contribution is -2.30. The van der Waals surface area contributed by atoms with E-state index in [4.69, 9.17) is 14.2 Å². The fourth-order valence-corrected chi connectivity index (χ4v) is 6.66. The molecule has 64 heavy (non-hydrogen) atoms. The predicted octanol–water partition coefficient (Wildman–Crippen LogP) is 17.1. The second-order valence-corrected chi connectivity index (χ2v) is 16.7. The lowest BCUT2D eigenvalue weighted by molar-refractivity contribution is -0.167. The maximum Gasteiger partial charge on any atom is 0.306 e. The van der Waals surface area contributed by atoms with Gasteiger partial charge >= 0.3 is 17.9 Å². The van der Waals surface area contributed by atoms with Gasteiger partial charge in [0.1, 0.15) is 13.2 Å². The van der Waals surface area contributed by atoms with E-state index in [0.717, 1.165) is 116 Å². The van der Waals surface area contributed by atoms with Crippen LogP contribution in [0.1, 0.15) is 220 Å². The minimum atomic E-state index is -0.811. The molecule has 0 bridgehead atoms. The Labute approximate surface area is 393 Å². The van der Waals surface area contributed by atoms with Gasteiger partial charge in [-0.05, 0) is 116 Å². The van der Waals surface area contributed by atoms with Gasteiger partial charge in [-0.1, -0.05) is 194 Å². The highest BCUT2D eigenvalue weighted by Crippen LogP contribution is 2.13. The summed E-state index contributed by atoms with van der Waals surface area (Å²) in [5.74, 6) is -0.991. The highest BCUT2D eigenvalue weighted by molar-refractivity contribution is 5.71. The molecule has 0 aromatic carbocycles. The normalized spacial score (nSPS) is 13.0. The van der Waals surface area contributed by atoms with Gasteiger partial charge in [-0.15, -0.1) is 0 Å². The Balaban J connectivity index is 4.51. The van der Waals surface area contributed by atoms with Crippen LogP contribution >= 0.6 is 0 Å². The highest BCUT2D eigenvalue weighted by Gasteiger charge is 2.19. The molecule has 0 aliphatic carbocycles. The SMILES string of the molecule is CC/C=C\C/C=C\C/C=C\C/C=C\C/C=C\CCCC(=O)OCC(COC(=O)CCCCCCC/C=C\CCCCC)OC(=O)CCCCCCCCC/C=C\C/C=C\C/C=C\CC. The Hall–Kier alpha value is -3.93. The van der Waals surface area contributed by atoms with Crippen LogP contribution in [0.3, 0.4) is 0 Å². The van der Waals surface area contributed by atoms with Gasteiger partial charge in [0.15, 0.2) is 6.10 Å². The van der Waals surface area contributed by atoms with Crippen molar-refractivity contribution in [2.75, 3.05) is 13.2 Å². The third-order valence-electron chi connectivity index (χ3n) is 10.5. The average Bonchev–Trinajstić information content (AvgIpc) is 3.29. The zero-order chi connectivity index (χ0) is 46.5. The van der Waals surface area contributed by atoms with Crippen LogP contribution < -0.4 is 0 Å². The molecule has 1 atom stereocenters. The van der Waals surface area contributed by atoms with E-state index in [1.807, 2.05) is 0 Å². The number of carbonyl (C=O) groups is 3. The first-order valence-electron chi connectivity index (χ1n) is 25.9. The Bertz CT molecular complexity index is 1340. The number of unbranched alkanes of at least 4 members (excludes halogenated alkanes) is 16. The summed E-state index contributed by atoms with van der Waals surface area (Å²) in [6.07, 6.45) is 69.3. The van der Waals surface area contributed by atoms with Crippen molar-refractivity contribution in [3.8, 4) is 0 Å². The molecule has 362 valence electrons. The average molecular weight is 887 g/mol. The van der Waals surface area contributed by atoms with Crippen molar-refractivity contribution >= 4 is 17.9 Å². The van der Waals surface area contributed by atoms with Crippen molar-refractivity contribution in [3.05, 3.63) is 109 Å². The van der Waals surface area contributed by atoms with E-state index in [-0.39, 0.29) is 37.5 Å². The molecule has 0 aliphatic rings. The molecule has 0 heterocycles. The standard InChI is InChI=1S/C58H94O6/c1-4-7-10-13-16-19-22-25-27-29-31-33-36-39-42-45-48-51-57(60)63-54-55(53-62-56(59)50-47-44-41-38-35-24-21-18-15-12-9-6-3)64-58(61)52-49-46-43-40-37-34-32-30-28-26-23-20-17-14-11-8-5-2/h7-8,10-11,16-21,25-28,31,33,39,42,55H,4-6,9,12-15,22-24,29-30,32,34-38,40-41,43-54H2,1-3H3/b10-7-,11-8-,19-16-,20-17-,21-18-,27-25-,28-26-,33-31-,42-39-. The topological polar surface area (TPSA) is 78.9 Å². The molecule has 0 fully saturated rings. The minimum Gasteiger partial charge on any atom is -0.462 e. The molecule has 0 radical (unpaired) electrons. The second kappa shape index (κ2) is 51.7. The van der Waals surface area contributed by atoms with Crippen molar-refractivity contribution in [2.24, 2.45) is 0 Å². The Morgan fingerprint density at radius 1 is 0.328 bits per heavy atom. The summed E-state index contributed by atoms with van der Waals surface area (Å²) in [6.45, 7) is 6.31. The van der Waals surface area contributed by atoms with Crippen LogP contribution in [0.5, 0.6) is 0 Å². The number of carbonyl (C=O) groups excluding carboxylic acids is 3. The van der Waals surface area contributed by atoms with E-state index < -0.39 is 6.10 Å². The first-order chi connectivity index (χ1) is 31.5. The van der Waals surface area contributed by atoms with Crippen LogP contribution in [0, 0.1) is 0 Å². The van der Waals surface area contributed by atoms with Crippen LogP contribution in [0.15, 0.2) is 109 Å². The van der Waals surface area contributed by atoms with Crippen molar-refractivity contribution in [1.29, 1.82) is 0 Å². The van der Waals surface area contributed by atoms with Gasteiger partial charge in [0, 0.05) is 19.3 Å². The predicted molar refractivity (Wildman–Crippen MR) is 274 cm³/mol. The Morgan fingerprint density at radius 2 is 0.625 bits per heavy atom. The van der Waals surface area contributed by atoms with E-state index in [1.165, 1.54) is 57.8 Å². The number of esters is 3. The minimum absolute atomic E-state index is 0.106. The zero-order valence-corrected chi connectivity index (χ0v) is 41.3. The molecular formula is C58H94O6. The van der Waals surface area contributed by atoms with Crippen LogP contribution in [-0.2, 0) is 28.6 Å². The first-order valence-corrected chi connectivity index (χ1v) is 25.9. The second-order valence-electron chi connectivity index (χ2n) is 16.7. The summed E-state index contributed by atoms with van der Waals surface area (Å²) >= 11 is 0. The van der Waals surface area contributed by atoms with Crippen LogP contribution in [0.2, 0.25) is 0 Å². The molecule has 1 unspecified atom stereocenters. The molecule has 0 spiro atoms. The van der Waals surface area contributed by atoms with Gasteiger partial charge < -0.3 is 14.2 Å².